The molecule has 1 fully saturated rings. The summed E-state index contributed by atoms with van der Waals surface area (Å²) in [4.78, 5) is 12.8. The highest BCUT2D eigenvalue weighted by atomic mass is 16.5. The van der Waals surface area contributed by atoms with Crippen molar-refractivity contribution < 1.29 is 9.53 Å². The number of nitrogens with two attached hydrogens (primary N) is 1. The molecule has 0 atom stereocenters. The highest BCUT2D eigenvalue weighted by molar-refractivity contribution is 6.06. The van der Waals surface area contributed by atoms with E-state index in [0.29, 0.717) is 57.6 Å². The number of nitrogens with zero attached hydrogens (tertiary/aromatic N) is 2. The first-order valence-corrected chi connectivity index (χ1v) is 10.4. The van der Waals surface area contributed by atoms with E-state index in [4.69, 9.17) is 10.5 Å². The number of nitrogen functional groups attached to an aromatic ring is 1. The van der Waals surface area contributed by atoms with Crippen LogP contribution in [0.15, 0.2) is 60.7 Å². The Balaban J connectivity index is 1.51. The van der Waals surface area contributed by atoms with Crippen LogP contribution >= 0.6 is 0 Å². The number of nitriles is 1. The summed E-state index contributed by atoms with van der Waals surface area (Å²) in [6.07, 6.45) is 2.33. The van der Waals surface area contributed by atoms with Crippen LogP contribution in [0.5, 0.6) is 5.75 Å². The van der Waals surface area contributed by atoms with E-state index in [1.54, 1.807) is 24.3 Å². The maximum Gasteiger partial charge on any atom is 0.255 e. The minimum atomic E-state index is -0.259. The maximum atomic E-state index is 12.8. The van der Waals surface area contributed by atoms with Gasteiger partial charge in [-0.2, -0.15) is 10.4 Å². The van der Waals surface area contributed by atoms with Gasteiger partial charge in [0.2, 0.25) is 0 Å². The third-order valence-electron chi connectivity index (χ3n) is 5.48. The number of aromatic amines is 1. The number of hydrogen-bond acceptors (Lipinski definition) is 5. The van der Waals surface area contributed by atoms with Gasteiger partial charge in [-0.3, -0.25) is 9.89 Å². The Labute approximate surface area is 184 Å². The second kappa shape index (κ2) is 8.08. The Morgan fingerprint density at radius 2 is 2.00 bits per heavy atom. The second-order valence-electron chi connectivity index (χ2n) is 8.00. The molecule has 7 nitrogen and oxygen atoms in total. The Kier molecular flexibility index (Phi) is 4.96. The van der Waals surface area contributed by atoms with Gasteiger partial charge in [0.05, 0.1) is 17.7 Å². The smallest absolute Gasteiger partial charge is 0.255 e. The summed E-state index contributed by atoms with van der Waals surface area (Å²) in [6.45, 7) is 0.607. The fourth-order valence-electron chi connectivity index (χ4n) is 3.61. The first-order chi connectivity index (χ1) is 15.6. The number of hydrogen-bond donors (Lipinski definition) is 3. The van der Waals surface area contributed by atoms with E-state index in [1.165, 1.54) is 0 Å². The summed E-state index contributed by atoms with van der Waals surface area (Å²) in [5, 5.41) is 20.6. The SMILES string of the molecule is N#Cc1cc2[nH]nc(-c3cc(N)cc(C(=O)Nc4ccccc4)c3)c2cc1OCC1CC1. The highest BCUT2D eigenvalue weighted by Gasteiger charge is 2.23. The van der Waals surface area contributed by atoms with Gasteiger partial charge in [-0.25, -0.2) is 0 Å². The lowest BCUT2D eigenvalue weighted by atomic mass is 10.0. The van der Waals surface area contributed by atoms with Crippen molar-refractivity contribution in [2.24, 2.45) is 5.92 Å². The molecule has 4 aromatic rings. The van der Waals surface area contributed by atoms with E-state index in [-0.39, 0.29) is 5.91 Å². The molecule has 7 heteroatoms. The van der Waals surface area contributed by atoms with Crippen molar-refractivity contribution in [2.75, 3.05) is 17.7 Å². The molecular weight excluding hydrogens is 402 g/mol. The third-order valence-corrected chi connectivity index (χ3v) is 5.48. The summed E-state index contributed by atoms with van der Waals surface area (Å²) in [6, 6.07) is 20.2. The molecule has 1 aromatic heterocycles. The van der Waals surface area contributed by atoms with Crippen LogP contribution in [0.25, 0.3) is 22.2 Å². The van der Waals surface area contributed by atoms with E-state index < -0.39 is 0 Å². The van der Waals surface area contributed by atoms with Crippen molar-refractivity contribution in [2.45, 2.75) is 12.8 Å². The standard InChI is InChI=1S/C25H21N5O2/c26-13-18-11-22-21(12-23(18)32-14-15-6-7-15)24(30-29-22)16-8-17(10-19(27)9-16)25(31)28-20-4-2-1-3-5-20/h1-5,8-12,15H,6-7,14,27H2,(H,28,31)(H,29,30). The van der Waals surface area contributed by atoms with Gasteiger partial charge in [-0.05, 0) is 61.2 Å². The fraction of sp³-hybridized carbons (Fsp3) is 0.160. The van der Waals surface area contributed by atoms with Crippen LogP contribution in [0.1, 0.15) is 28.8 Å². The number of aromatic nitrogens is 2. The van der Waals surface area contributed by atoms with Gasteiger partial charge >= 0.3 is 0 Å². The van der Waals surface area contributed by atoms with Crippen LogP contribution in [0.2, 0.25) is 0 Å². The molecule has 1 aliphatic rings. The summed E-state index contributed by atoms with van der Waals surface area (Å²) < 4.78 is 5.92. The van der Waals surface area contributed by atoms with Crippen molar-refractivity contribution in [3.63, 3.8) is 0 Å². The molecule has 5 rings (SSSR count). The molecule has 1 saturated carbocycles. The molecule has 0 unspecified atom stereocenters. The first kappa shape index (κ1) is 19.6. The Bertz CT molecular complexity index is 1350. The third kappa shape index (κ3) is 3.98. The minimum absolute atomic E-state index is 0.259. The largest absolute Gasteiger partial charge is 0.492 e. The van der Waals surface area contributed by atoms with Crippen molar-refractivity contribution in [3.8, 4) is 23.1 Å². The average molecular weight is 423 g/mol. The lowest BCUT2D eigenvalue weighted by molar-refractivity contribution is 0.102. The summed E-state index contributed by atoms with van der Waals surface area (Å²) in [5.41, 5.74) is 10.2. The minimum Gasteiger partial charge on any atom is -0.492 e. The van der Waals surface area contributed by atoms with E-state index >= 15 is 0 Å². The molecule has 1 heterocycles. The average Bonchev–Trinajstić information content (AvgIpc) is 3.55. The van der Waals surface area contributed by atoms with Crippen LogP contribution in [-0.4, -0.2) is 22.7 Å². The van der Waals surface area contributed by atoms with Crippen molar-refractivity contribution in [1.29, 1.82) is 5.26 Å². The Morgan fingerprint density at radius 1 is 1.19 bits per heavy atom. The van der Waals surface area contributed by atoms with E-state index in [1.807, 2.05) is 36.4 Å². The van der Waals surface area contributed by atoms with E-state index in [9.17, 15) is 10.1 Å². The van der Waals surface area contributed by atoms with Crippen molar-refractivity contribution >= 4 is 28.2 Å². The van der Waals surface area contributed by atoms with Crippen LogP contribution in [-0.2, 0) is 0 Å². The van der Waals surface area contributed by atoms with Gasteiger partial charge in [-0.15, -0.1) is 0 Å². The summed E-state index contributed by atoms with van der Waals surface area (Å²) >= 11 is 0. The number of rotatable bonds is 6. The zero-order valence-corrected chi connectivity index (χ0v) is 17.3. The molecule has 4 N–H and O–H groups in total. The monoisotopic (exact) mass is 423 g/mol. The maximum absolute atomic E-state index is 12.8. The molecule has 158 valence electrons. The number of carbonyl (C=O) groups is 1. The number of nitrogens with one attached hydrogen (secondary N) is 2. The number of anilines is 2. The predicted molar refractivity (Wildman–Crippen MR) is 123 cm³/mol. The number of benzene rings is 3. The predicted octanol–water partition coefficient (Wildman–Crippen LogP) is 4.72. The summed E-state index contributed by atoms with van der Waals surface area (Å²) in [5.74, 6) is 0.853. The number of para-hydroxylation sites is 1. The van der Waals surface area contributed by atoms with Crippen molar-refractivity contribution in [3.05, 3.63) is 71.8 Å². The fourth-order valence-corrected chi connectivity index (χ4v) is 3.61. The summed E-state index contributed by atoms with van der Waals surface area (Å²) in [7, 11) is 0. The molecule has 1 aliphatic carbocycles. The van der Waals surface area contributed by atoms with Crippen LogP contribution in [0, 0.1) is 17.2 Å². The van der Waals surface area contributed by atoms with Gasteiger partial charge in [0.25, 0.3) is 5.91 Å². The van der Waals surface area contributed by atoms with E-state index in [0.717, 1.165) is 18.2 Å². The van der Waals surface area contributed by atoms with Gasteiger partial charge in [0, 0.05) is 27.9 Å². The van der Waals surface area contributed by atoms with Crippen LogP contribution in [0.3, 0.4) is 0 Å². The quantitative estimate of drug-likeness (QED) is 0.388. The first-order valence-electron chi connectivity index (χ1n) is 10.4. The number of amides is 1. The molecular formula is C25H21N5O2. The van der Waals surface area contributed by atoms with Gasteiger partial charge < -0.3 is 15.8 Å². The lowest BCUT2D eigenvalue weighted by Gasteiger charge is -2.09. The van der Waals surface area contributed by atoms with Crippen LogP contribution in [0.4, 0.5) is 11.4 Å². The molecule has 32 heavy (non-hydrogen) atoms. The number of fused-ring (bicyclic) bond motifs is 1. The van der Waals surface area contributed by atoms with Crippen LogP contribution < -0.4 is 15.8 Å². The van der Waals surface area contributed by atoms with Gasteiger partial charge in [-0.1, -0.05) is 18.2 Å². The number of ether oxygens (including phenoxy) is 1. The second-order valence-corrected chi connectivity index (χ2v) is 8.00. The lowest BCUT2D eigenvalue weighted by Crippen LogP contribution is -2.12. The zero-order chi connectivity index (χ0) is 22.1. The Hall–Kier alpha value is -4.31. The Morgan fingerprint density at radius 3 is 2.75 bits per heavy atom. The van der Waals surface area contributed by atoms with Gasteiger partial charge in [0.1, 0.15) is 17.5 Å². The molecule has 0 radical (unpaired) electrons. The number of H-pyrrole nitrogens is 1. The highest BCUT2D eigenvalue weighted by Crippen LogP contribution is 2.35. The number of carbonyl (C=O) groups excluding carboxylic acids is 1. The molecule has 0 aliphatic heterocycles. The van der Waals surface area contributed by atoms with Gasteiger partial charge in [0.15, 0.2) is 0 Å². The molecule has 0 saturated heterocycles. The molecule has 0 bridgehead atoms. The zero-order valence-electron chi connectivity index (χ0n) is 17.3. The molecule has 3 aromatic carbocycles. The van der Waals surface area contributed by atoms with E-state index in [2.05, 4.69) is 21.6 Å². The topological polar surface area (TPSA) is 117 Å². The normalized spacial score (nSPS) is 13.0. The molecule has 0 spiro atoms. The van der Waals surface area contributed by atoms with Crippen molar-refractivity contribution in [1.82, 2.24) is 10.2 Å². The molecule has 1 amide bonds.